The first-order chi connectivity index (χ1) is 11.5. The van der Waals surface area contributed by atoms with E-state index in [1.165, 1.54) is 17.9 Å². The largest absolute Gasteiger partial charge is 0.442 e. The van der Waals surface area contributed by atoms with Crippen LogP contribution in [0.4, 0.5) is 14.9 Å². The summed E-state index contributed by atoms with van der Waals surface area (Å²) in [6.45, 7) is 3.37. The second kappa shape index (κ2) is 5.73. The van der Waals surface area contributed by atoms with Crippen LogP contribution in [-0.2, 0) is 14.3 Å². The number of nitrogens with one attached hydrogen (secondary N) is 1. The van der Waals surface area contributed by atoms with Gasteiger partial charge in [0.2, 0.25) is 5.91 Å². The molecule has 3 aliphatic rings. The predicted molar refractivity (Wildman–Crippen MR) is 83.2 cm³/mol. The average molecular weight is 334 g/mol. The molecule has 0 bridgehead atoms. The van der Waals surface area contributed by atoms with Crippen LogP contribution in [0.3, 0.4) is 0 Å². The quantitative estimate of drug-likeness (QED) is 0.909. The van der Waals surface area contributed by atoms with E-state index in [0.29, 0.717) is 42.8 Å². The van der Waals surface area contributed by atoms with Crippen molar-refractivity contribution in [2.75, 3.05) is 31.2 Å². The van der Waals surface area contributed by atoms with Gasteiger partial charge in [0.25, 0.3) is 0 Å². The molecule has 24 heavy (non-hydrogen) atoms. The van der Waals surface area contributed by atoms with Gasteiger partial charge in [0.05, 0.1) is 32.0 Å². The zero-order valence-electron chi connectivity index (χ0n) is 13.3. The molecule has 4 rings (SSSR count). The SMILES string of the molecule is CC(=O)NC[C@H]1CN(c2ccc([C@H]3[C@@H]4COC[C@@H]43)c(F)c2)C(=O)O1. The minimum absolute atomic E-state index is 0.182. The lowest BCUT2D eigenvalue weighted by Gasteiger charge is -2.15. The molecule has 0 unspecified atom stereocenters. The Balaban J connectivity index is 1.46. The van der Waals surface area contributed by atoms with E-state index in [-0.39, 0.29) is 24.2 Å². The molecule has 128 valence electrons. The van der Waals surface area contributed by atoms with Gasteiger partial charge >= 0.3 is 6.09 Å². The topological polar surface area (TPSA) is 67.9 Å². The molecule has 0 spiro atoms. The fourth-order valence-corrected chi connectivity index (χ4v) is 3.75. The Hall–Kier alpha value is -2.15. The van der Waals surface area contributed by atoms with Gasteiger partial charge in [-0.1, -0.05) is 6.07 Å². The van der Waals surface area contributed by atoms with Gasteiger partial charge < -0.3 is 14.8 Å². The Bertz CT molecular complexity index is 685. The molecule has 1 saturated carbocycles. The number of fused-ring (bicyclic) bond motifs is 1. The molecule has 6 nitrogen and oxygen atoms in total. The van der Waals surface area contributed by atoms with E-state index >= 15 is 0 Å². The number of nitrogens with zero attached hydrogens (tertiary/aromatic N) is 1. The molecular formula is C17H19FN2O4. The number of ether oxygens (including phenoxy) is 2. The molecule has 1 aliphatic carbocycles. The zero-order valence-corrected chi connectivity index (χ0v) is 13.3. The highest BCUT2D eigenvalue weighted by atomic mass is 19.1. The second-order valence-electron chi connectivity index (χ2n) is 6.65. The number of carbonyl (C=O) groups excluding carboxylic acids is 2. The number of cyclic esters (lactones) is 1. The van der Waals surface area contributed by atoms with Crippen molar-refractivity contribution in [2.45, 2.75) is 18.9 Å². The summed E-state index contributed by atoms with van der Waals surface area (Å²) < 4.78 is 25.1. The minimum atomic E-state index is -0.519. The molecule has 0 radical (unpaired) electrons. The maximum atomic E-state index is 14.5. The Kier molecular flexibility index (Phi) is 3.68. The van der Waals surface area contributed by atoms with Crippen LogP contribution in [0.15, 0.2) is 18.2 Å². The first kappa shape index (κ1) is 15.4. The summed E-state index contributed by atoms with van der Waals surface area (Å²) in [5, 5.41) is 2.62. The highest BCUT2D eigenvalue weighted by Gasteiger charge is 2.55. The van der Waals surface area contributed by atoms with Crippen LogP contribution < -0.4 is 10.2 Å². The van der Waals surface area contributed by atoms with Crippen molar-refractivity contribution in [1.29, 1.82) is 0 Å². The minimum Gasteiger partial charge on any atom is -0.442 e. The number of carbonyl (C=O) groups is 2. The van der Waals surface area contributed by atoms with Crippen molar-refractivity contribution in [3.63, 3.8) is 0 Å². The summed E-state index contributed by atoms with van der Waals surface area (Å²) in [4.78, 5) is 24.3. The second-order valence-corrected chi connectivity index (χ2v) is 6.65. The number of anilines is 1. The monoisotopic (exact) mass is 334 g/mol. The van der Waals surface area contributed by atoms with E-state index in [4.69, 9.17) is 9.47 Å². The van der Waals surface area contributed by atoms with Gasteiger partial charge in [-0.25, -0.2) is 9.18 Å². The van der Waals surface area contributed by atoms with Gasteiger partial charge in [-0.3, -0.25) is 9.69 Å². The van der Waals surface area contributed by atoms with Crippen molar-refractivity contribution in [3.05, 3.63) is 29.6 Å². The predicted octanol–water partition coefficient (Wildman–Crippen LogP) is 1.65. The molecule has 4 atom stereocenters. The smallest absolute Gasteiger partial charge is 0.414 e. The van der Waals surface area contributed by atoms with Crippen LogP contribution in [-0.4, -0.2) is 44.4 Å². The van der Waals surface area contributed by atoms with Crippen LogP contribution in [0.25, 0.3) is 0 Å². The number of amides is 2. The maximum Gasteiger partial charge on any atom is 0.414 e. The third kappa shape index (κ3) is 2.62. The number of benzene rings is 1. The van der Waals surface area contributed by atoms with Gasteiger partial charge in [-0.2, -0.15) is 0 Å². The van der Waals surface area contributed by atoms with Crippen molar-refractivity contribution < 1.29 is 23.5 Å². The van der Waals surface area contributed by atoms with Crippen LogP contribution in [0.5, 0.6) is 0 Å². The van der Waals surface area contributed by atoms with Crippen molar-refractivity contribution in [2.24, 2.45) is 11.8 Å². The van der Waals surface area contributed by atoms with Gasteiger partial charge in [0.1, 0.15) is 11.9 Å². The normalized spacial score (nSPS) is 30.9. The van der Waals surface area contributed by atoms with Crippen LogP contribution in [0.1, 0.15) is 18.4 Å². The summed E-state index contributed by atoms with van der Waals surface area (Å²) in [5.74, 6) is 0.642. The summed E-state index contributed by atoms with van der Waals surface area (Å²) in [5.41, 5.74) is 1.19. The lowest BCUT2D eigenvalue weighted by Crippen LogP contribution is -2.33. The molecule has 1 aromatic carbocycles. The number of hydrogen-bond acceptors (Lipinski definition) is 4. The highest BCUT2D eigenvalue weighted by Crippen LogP contribution is 2.58. The number of rotatable bonds is 4. The van der Waals surface area contributed by atoms with Crippen molar-refractivity contribution in [3.8, 4) is 0 Å². The molecule has 2 aliphatic heterocycles. The fourth-order valence-electron chi connectivity index (χ4n) is 3.75. The fraction of sp³-hybridized carbons (Fsp3) is 0.529. The first-order valence-corrected chi connectivity index (χ1v) is 8.14. The molecule has 1 aromatic rings. The molecule has 0 aromatic heterocycles. The van der Waals surface area contributed by atoms with E-state index < -0.39 is 12.2 Å². The number of hydrogen-bond donors (Lipinski definition) is 1. The van der Waals surface area contributed by atoms with Crippen molar-refractivity contribution in [1.82, 2.24) is 5.32 Å². The van der Waals surface area contributed by atoms with Crippen molar-refractivity contribution >= 4 is 17.7 Å². The zero-order chi connectivity index (χ0) is 16.8. The Morgan fingerprint density at radius 2 is 2.12 bits per heavy atom. The average Bonchev–Trinajstić information content (AvgIpc) is 2.88. The van der Waals surface area contributed by atoms with E-state index in [0.717, 1.165) is 0 Å². The molecule has 2 saturated heterocycles. The molecule has 2 amide bonds. The summed E-state index contributed by atoms with van der Waals surface area (Å²) in [6, 6.07) is 4.92. The molecule has 2 heterocycles. The lowest BCUT2D eigenvalue weighted by atomic mass is 10.1. The standard InChI is InChI=1S/C17H19FN2O4/c1-9(21)19-5-11-6-20(17(22)24-11)10-2-3-12(15(18)4-10)16-13-7-23-8-14(13)16/h2-4,11,13-14,16H,5-8H2,1H3,(H,19,21)/t11-,13-,14+,16+/m0/s1. The Morgan fingerprint density at radius 3 is 2.79 bits per heavy atom. The molecular weight excluding hydrogens is 315 g/mol. The van der Waals surface area contributed by atoms with Gasteiger partial charge in [0, 0.05) is 6.92 Å². The van der Waals surface area contributed by atoms with Crippen LogP contribution in [0.2, 0.25) is 0 Å². The molecule has 3 fully saturated rings. The summed E-state index contributed by atoms with van der Waals surface area (Å²) in [6.07, 6.45) is -0.946. The number of halogens is 1. The third-order valence-electron chi connectivity index (χ3n) is 5.06. The molecule has 7 heteroatoms. The molecule has 1 N–H and O–H groups in total. The third-order valence-corrected chi connectivity index (χ3v) is 5.06. The first-order valence-electron chi connectivity index (χ1n) is 8.14. The van der Waals surface area contributed by atoms with Gasteiger partial charge in [-0.15, -0.1) is 0 Å². The van der Waals surface area contributed by atoms with E-state index in [1.54, 1.807) is 12.1 Å². The van der Waals surface area contributed by atoms with Gasteiger partial charge in [-0.05, 0) is 35.4 Å². The lowest BCUT2D eigenvalue weighted by molar-refractivity contribution is -0.119. The van der Waals surface area contributed by atoms with Crippen LogP contribution >= 0.6 is 0 Å². The maximum absolute atomic E-state index is 14.5. The van der Waals surface area contributed by atoms with E-state index in [9.17, 15) is 14.0 Å². The Labute approximate surface area is 138 Å². The summed E-state index contributed by atoms with van der Waals surface area (Å²) in [7, 11) is 0. The Morgan fingerprint density at radius 1 is 1.38 bits per heavy atom. The van der Waals surface area contributed by atoms with E-state index in [2.05, 4.69) is 5.32 Å². The van der Waals surface area contributed by atoms with Crippen LogP contribution in [0, 0.1) is 17.7 Å². The van der Waals surface area contributed by atoms with E-state index in [1.807, 2.05) is 0 Å². The van der Waals surface area contributed by atoms with Gasteiger partial charge in [0.15, 0.2) is 0 Å². The highest BCUT2D eigenvalue weighted by molar-refractivity contribution is 5.89. The summed E-state index contributed by atoms with van der Waals surface area (Å²) >= 11 is 0.